The van der Waals surface area contributed by atoms with Crippen LogP contribution in [0.3, 0.4) is 0 Å². The topological polar surface area (TPSA) is 21.3 Å². The van der Waals surface area contributed by atoms with E-state index in [-0.39, 0.29) is 6.10 Å². The molecule has 0 rings (SSSR count). The molecule has 0 aliphatic heterocycles. The summed E-state index contributed by atoms with van der Waals surface area (Å²) in [6.45, 7) is 7.08. The van der Waals surface area contributed by atoms with E-state index in [1.54, 1.807) is 7.11 Å². The first-order chi connectivity index (χ1) is 6.29. The summed E-state index contributed by atoms with van der Waals surface area (Å²) in [5, 5.41) is 3.39. The molecular weight excluding hydrogens is 162 g/mol. The van der Waals surface area contributed by atoms with Crippen molar-refractivity contribution < 1.29 is 4.74 Å². The minimum absolute atomic E-state index is 0.279. The highest BCUT2D eigenvalue weighted by Gasteiger charge is 2.16. The first-order valence-electron chi connectivity index (χ1n) is 4.95. The van der Waals surface area contributed by atoms with Crippen molar-refractivity contribution in [2.45, 2.75) is 45.8 Å². The number of ether oxygens (including phenoxy) is 1. The second-order valence-corrected chi connectivity index (χ2v) is 2.98. The standard InChI is InChI=1S/C11H21NO/c1-5-8-9-10(12-7-3)11(6-2)13-4/h10-12H,6-7,9H2,1-4H3. The Hall–Kier alpha value is -0.520. The fourth-order valence-electron chi connectivity index (χ4n) is 1.42. The van der Waals surface area contributed by atoms with E-state index in [4.69, 9.17) is 4.74 Å². The highest BCUT2D eigenvalue weighted by Crippen LogP contribution is 2.06. The third kappa shape index (κ3) is 4.92. The monoisotopic (exact) mass is 183 g/mol. The van der Waals surface area contributed by atoms with Crippen LogP contribution in [0, 0.1) is 11.8 Å². The largest absolute Gasteiger partial charge is 0.380 e. The first-order valence-corrected chi connectivity index (χ1v) is 4.95. The average molecular weight is 183 g/mol. The molecule has 0 aromatic heterocycles. The molecule has 2 unspecified atom stereocenters. The van der Waals surface area contributed by atoms with Crippen LogP contribution in [0.15, 0.2) is 0 Å². The predicted molar refractivity (Wildman–Crippen MR) is 56.6 cm³/mol. The zero-order chi connectivity index (χ0) is 10.1. The molecule has 0 saturated carbocycles. The van der Waals surface area contributed by atoms with Gasteiger partial charge < -0.3 is 10.1 Å². The molecule has 13 heavy (non-hydrogen) atoms. The molecule has 0 spiro atoms. The van der Waals surface area contributed by atoms with Crippen molar-refractivity contribution in [2.75, 3.05) is 13.7 Å². The SMILES string of the molecule is CC#CCC(NCC)C(CC)OC. The van der Waals surface area contributed by atoms with Gasteiger partial charge in [0.15, 0.2) is 0 Å². The van der Waals surface area contributed by atoms with Crippen LogP contribution < -0.4 is 5.32 Å². The van der Waals surface area contributed by atoms with Crippen molar-refractivity contribution in [3.63, 3.8) is 0 Å². The second-order valence-electron chi connectivity index (χ2n) is 2.98. The summed E-state index contributed by atoms with van der Waals surface area (Å²) in [6.07, 6.45) is 2.18. The average Bonchev–Trinajstić information content (AvgIpc) is 2.16. The molecule has 0 amide bonds. The molecule has 0 aromatic rings. The van der Waals surface area contributed by atoms with E-state index < -0.39 is 0 Å². The molecule has 0 heterocycles. The van der Waals surface area contributed by atoms with Gasteiger partial charge >= 0.3 is 0 Å². The molecule has 1 N–H and O–H groups in total. The van der Waals surface area contributed by atoms with Crippen LogP contribution in [0.25, 0.3) is 0 Å². The van der Waals surface area contributed by atoms with E-state index in [0.29, 0.717) is 6.04 Å². The summed E-state index contributed by atoms with van der Waals surface area (Å²) < 4.78 is 5.38. The van der Waals surface area contributed by atoms with Crippen molar-refractivity contribution in [1.82, 2.24) is 5.32 Å². The normalized spacial score (nSPS) is 14.5. The molecule has 0 fully saturated rings. The molecule has 0 aliphatic rings. The molecule has 0 radical (unpaired) electrons. The van der Waals surface area contributed by atoms with Gasteiger partial charge in [-0.25, -0.2) is 0 Å². The van der Waals surface area contributed by atoms with Gasteiger partial charge in [0.25, 0.3) is 0 Å². The van der Waals surface area contributed by atoms with E-state index in [0.717, 1.165) is 19.4 Å². The van der Waals surface area contributed by atoms with Crippen LogP contribution in [-0.2, 0) is 4.74 Å². The Morgan fingerprint density at radius 3 is 2.46 bits per heavy atom. The minimum Gasteiger partial charge on any atom is -0.380 e. The van der Waals surface area contributed by atoms with Gasteiger partial charge in [0, 0.05) is 19.6 Å². The zero-order valence-electron chi connectivity index (χ0n) is 9.18. The molecule has 2 heteroatoms. The maximum absolute atomic E-state index is 5.38. The maximum Gasteiger partial charge on any atom is 0.0730 e. The lowest BCUT2D eigenvalue weighted by molar-refractivity contribution is 0.0673. The Balaban J connectivity index is 4.08. The Morgan fingerprint density at radius 1 is 1.38 bits per heavy atom. The molecule has 0 saturated heterocycles. The number of methoxy groups -OCH3 is 1. The van der Waals surface area contributed by atoms with E-state index in [2.05, 4.69) is 31.0 Å². The van der Waals surface area contributed by atoms with Gasteiger partial charge in [-0.05, 0) is 19.9 Å². The van der Waals surface area contributed by atoms with Crippen LogP contribution in [0.1, 0.15) is 33.6 Å². The first kappa shape index (κ1) is 12.5. The van der Waals surface area contributed by atoms with E-state index >= 15 is 0 Å². The molecular formula is C11H21NO. The van der Waals surface area contributed by atoms with Crippen molar-refractivity contribution in [1.29, 1.82) is 0 Å². The lowest BCUT2D eigenvalue weighted by atomic mass is 10.1. The summed E-state index contributed by atoms with van der Waals surface area (Å²) in [5.74, 6) is 6.00. The Bertz CT molecular complexity index is 165. The summed E-state index contributed by atoms with van der Waals surface area (Å²) in [5.41, 5.74) is 0. The van der Waals surface area contributed by atoms with Gasteiger partial charge in [0.2, 0.25) is 0 Å². The fourth-order valence-corrected chi connectivity index (χ4v) is 1.42. The van der Waals surface area contributed by atoms with Gasteiger partial charge in [-0.3, -0.25) is 0 Å². The Labute approximate surface area is 82.1 Å². The predicted octanol–water partition coefficient (Wildman–Crippen LogP) is 1.80. The number of rotatable bonds is 6. The second kappa shape index (κ2) is 8.10. The number of likely N-dealkylation sites (N-methyl/N-ethyl adjacent to an activating group) is 1. The maximum atomic E-state index is 5.38. The van der Waals surface area contributed by atoms with Crippen molar-refractivity contribution in [2.24, 2.45) is 0 Å². The van der Waals surface area contributed by atoms with Gasteiger partial charge in [0.1, 0.15) is 0 Å². The van der Waals surface area contributed by atoms with Gasteiger partial charge in [-0.15, -0.1) is 11.8 Å². The summed E-state index contributed by atoms with van der Waals surface area (Å²) in [6, 6.07) is 0.368. The number of hydrogen-bond acceptors (Lipinski definition) is 2. The highest BCUT2D eigenvalue weighted by atomic mass is 16.5. The molecule has 0 aromatic carbocycles. The summed E-state index contributed by atoms with van der Waals surface area (Å²) in [4.78, 5) is 0. The smallest absolute Gasteiger partial charge is 0.0730 e. The van der Waals surface area contributed by atoms with Gasteiger partial charge in [-0.2, -0.15) is 0 Å². The molecule has 2 nitrogen and oxygen atoms in total. The van der Waals surface area contributed by atoms with Crippen LogP contribution in [0.4, 0.5) is 0 Å². The van der Waals surface area contributed by atoms with Crippen LogP contribution in [0.5, 0.6) is 0 Å². The van der Waals surface area contributed by atoms with Crippen molar-refractivity contribution >= 4 is 0 Å². The summed E-state index contributed by atoms with van der Waals surface area (Å²) >= 11 is 0. The third-order valence-corrected chi connectivity index (χ3v) is 2.12. The third-order valence-electron chi connectivity index (χ3n) is 2.12. The molecule has 2 atom stereocenters. The van der Waals surface area contributed by atoms with E-state index in [1.807, 2.05) is 6.92 Å². The Morgan fingerprint density at radius 2 is 2.08 bits per heavy atom. The fraction of sp³-hybridized carbons (Fsp3) is 0.818. The number of hydrogen-bond donors (Lipinski definition) is 1. The summed E-state index contributed by atoms with van der Waals surface area (Å²) in [7, 11) is 1.76. The molecule has 0 aliphatic carbocycles. The minimum atomic E-state index is 0.279. The van der Waals surface area contributed by atoms with E-state index in [1.165, 1.54) is 0 Å². The lowest BCUT2D eigenvalue weighted by Crippen LogP contribution is -2.40. The number of nitrogens with one attached hydrogen (secondary N) is 1. The molecule has 76 valence electrons. The van der Waals surface area contributed by atoms with Crippen LogP contribution in [0.2, 0.25) is 0 Å². The van der Waals surface area contributed by atoms with Crippen LogP contribution in [-0.4, -0.2) is 25.8 Å². The molecule has 0 bridgehead atoms. The zero-order valence-corrected chi connectivity index (χ0v) is 9.18. The van der Waals surface area contributed by atoms with Crippen LogP contribution >= 0.6 is 0 Å². The quantitative estimate of drug-likeness (QED) is 0.634. The van der Waals surface area contributed by atoms with E-state index in [9.17, 15) is 0 Å². The Kier molecular flexibility index (Phi) is 7.77. The van der Waals surface area contributed by atoms with Crippen molar-refractivity contribution in [3.05, 3.63) is 0 Å². The highest BCUT2D eigenvalue weighted by molar-refractivity contribution is 4.99. The lowest BCUT2D eigenvalue weighted by Gasteiger charge is -2.23. The van der Waals surface area contributed by atoms with Gasteiger partial charge in [0.05, 0.1) is 6.10 Å². The van der Waals surface area contributed by atoms with Crippen molar-refractivity contribution in [3.8, 4) is 11.8 Å². The van der Waals surface area contributed by atoms with Gasteiger partial charge in [-0.1, -0.05) is 13.8 Å².